The van der Waals surface area contributed by atoms with Gasteiger partial charge in [-0.05, 0) is 37.1 Å². The van der Waals surface area contributed by atoms with Crippen LogP contribution in [-0.2, 0) is 6.61 Å². The standard InChI is InChI=1S/C13H14N2OS2/c1-8-5-10(13(14)17)6-9(2)12(8)16-7-11-15-3-4-18-11/h3-6H,7H2,1-2H3,(H2,14,17). The van der Waals surface area contributed by atoms with Crippen molar-refractivity contribution in [3.8, 4) is 5.75 Å². The van der Waals surface area contributed by atoms with E-state index in [9.17, 15) is 0 Å². The van der Waals surface area contributed by atoms with E-state index in [-0.39, 0.29) is 0 Å². The minimum atomic E-state index is 0.410. The van der Waals surface area contributed by atoms with Gasteiger partial charge in [-0.2, -0.15) is 0 Å². The molecule has 2 rings (SSSR count). The number of rotatable bonds is 4. The molecule has 1 aromatic heterocycles. The molecule has 1 heterocycles. The molecule has 0 bridgehead atoms. The van der Waals surface area contributed by atoms with Crippen molar-refractivity contribution in [1.82, 2.24) is 4.98 Å². The molecule has 1 aromatic carbocycles. The van der Waals surface area contributed by atoms with Crippen LogP contribution in [0.2, 0.25) is 0 Å². The van der Waals surface area contributed by atoms with Crippen molar-refractivity contribution in [2.24, 2.45) is 5.73 Å². The van der Waals surface area contributed by atoms with Gasteiger partial charge in [0.15, 0.2) is 0 Å². The molecule has 2 N–H and O–H groups in total. The van der Waals surface area contributed by atoms with E-state index >= 15 is 0 Å². The van der Waals surface area contributed by atoms with Gasteiger partial charge < -0.3 is 10.5 Å². The molecule has 2 aromatic rings. The van der Waals surface area contributed by atoms with Crippen molar-refractivity contribution in [1.29, 1.82) is 0 Å². The largest absolute Gasteiger partial charge is 0.486 e. The molecule has 0 fully saturated rings. The average Bonchev–Trinajstić information content (AvgIpc) is 2.80. The van der Waals surface area contributed by atoms with Gasteiger partial charge in [-0.1, -0.05) is 12.2 Å². The molecule has 0 atom stereocenters. The second-order valence-electron chi connectivity index (χ2n) is 4.02. The van der Waals surface area contributed by atoms with Crippen LogP contribution in [0.5, 0.6) is 5.75 Å². The summed E-state index contributed by atoms with van der Waals surface area (Å²) in [5.41, 5.74) is 8.58. The van der Waals surface area contributed by atoms with E-state index in [0.717, 1.165) is 27.4 Å². The molecule has 0 spiro atoms. The van der Waals surface area contributed by atoms with E-state index in [4.69, 9.17) is 22.7 Å². The van der Waals surface area contributed by atoms with Gasteiger partial charge in [0, 0.05) is 17.1 Å². The van der Waals surface area contributed by atoms with Crippen LogP contribution in [0.4, 0.5) is 0 Å². The molecule has 0 radical (unpaired) electrons. The van der Waals surface area contributed by atoms with Crippen LogP contribution < -0.4 is 10.5 Å². The quantitative estimate of drug-likeness (QED) is 0.874. The Kier molecular flexibility index (Phi) is 3.93. The topological polar surface area (TPSA) is 48.1 Å². The molecule has 0 saturated carbocycles. The van der Waals surface area contributed by atoms with E-state index in [1.165, 1.54) is 0 Å². The first kappa shape index (κ1) is 13.0. The third kappa shape index (κ3) is 2.86. The Labute approximate surface area is 116 Å². The SMILES string of the molecule is Cc1cc(C(N)=S)cc(C)c1OCc1nccs1. The van der Waals surface area contributed by atoms with Gasteiger partial charge in [0.25, 0.3) is 0 Å². The first-order chi connectivity index (χ1) is 8.58. The summed E-state index contributed by atoms with van der Waals surface area (Å²) < 4.78 is 5.81. The highest BCUT2D eigenvalue weighted by molar-refractivity contribution is 7.80. The monoisotopic (exact) mass is 278 g/mol. The number of thiazole rings is 1. The van der Waals surface area contributed by atoms with Gasteiger partial charge in [-0.25, -0.2) is 4.98 Å². The smallest absolute Gasteiger partial charge is 0.140 e. The van der Waals surface area contributed by atoms with Crippen LogP contribution in [0, 0.1) is 13.8 Å². The van der Waals surface area contributed by atoms with Crippen LogP contribution in [0.25, 0.3) is 0 Å². The molecule has 5 heteroatoms. The van der Waals surface area contributed by atoms with Gasteiger partial charge in [0.2, 0.25) is 0 Å². The number of nitrogens with two attached hydrogens (primary N) is 1. The molecule has 0 aliphatic rings. The van der Waals surface area contributed by atoms with E-state index < -0.39 is 0 Å². The zero-order valence-electron chi connectivity index (χ0n) is 10.3. The van der Waals surface area contributed by atoms with Crippen molar-refractivity contribution < 1.29 is 4.74 Å². The second kappa shape index (κ2) is 5.46. The van der Waals surface area contributed by atoms with Crippen LogP contribution in [0.15, 0.2) is 23.7 Å². The number of hydrogen-bond donors (Lipinski definition) is 1. The fourth-order valence-electron chi connectivity index (χ4n) is 1.78. The van der Waals surface area contributed by atoms with E-state index in [1.807, 2.05) is 31.4 Å². The number of hydrogen-bond acceptors (Lipinski definition) is 4. The van der Waals surface area contributed by atoms with Gasteiger partial charge in [-0.15, -0.1) is 11.3 Å². The first-order valence-electron chi connectivity index (χ1n) is 5.50. The van der Waals surface area contributed by atoms with Gasteiger partial charge in [-0.3, -0.25) is 0 Å². The molecular weight excluding hydrogens is 264 g/mol. The molecule has 18 heavy (non-hydrogen) atoms. The van der Waals surface area contributed by atoms with Gasteiger partial charge in [0.1, 0.15) is 22.4 Å². The Balaban J connectivity index is 2.20. The summed E-state index contributed by atoms with van der Waals surface area (Å²) in [5.74, 6) is 0.880. The Morgan fingerprint density at radius 2 is 2.06 bits per heavy atom. The molecule has 0 saturated heterocycles. The number of thiocarbonyl (C=S) groups is 1. The Morgan fingerprint density at radius 3 is 2.56 bits per heavy atom. The minimum absolute atomic E-state index is 0.410. The highest BCUT2D eigenvalue weighted by Gasteiger charge is 2.08. The molecule has 0 amide bonds. The van der Waals surface area contributed by atoms with E-state index in [0.29, 0.717) is 11.6 Å². The predicted molar refractivity (Wildman–Crippen MR) is 78.2 cm³/mol. The number of ether oxygens (including phenoxy) is 1. The molecule has 0 aliphatic carbocycles. The molecule has 0 aliphatic heterocycles. The number of nitrogens with zero attached hydrogens (tertiary/aromatic N) is 1. The summed E-state index contributed by atoms with van der Waals surface area (Å²) in [6.07, 6.45) is 1.78. The van der Waals surface area contributed by atoms with Crippen molar-refractivity contribution in [2.75, 3.05) is 0 Å². The number of aromatic nitrogens is 1. The summed E-state index contributed by atoms with van der Waals surface area (Å²) in [6.45, 7) is 4.48. The van der Waals surface area contributed by atoms with Gasteiger partial charge >= 0.3 is 0 Å². The number of aryl methyl sites for hydroxylation is 2. The molecule has 0 unspecified atom stereocenters. The summed E-state index contributed by atoms with van der Waals surface area (Å²) in [4.78, 5) is 4.60. The Morgan fingerprint density at radius 1 is 1.39 bits per heavy atom. The van der Waals surface area contributed by atoms with Crippen LogP contribution >= 0.6 is 23.6 Å². The first-order valence-corrected chi connectivity index (χ1v) is 6.79. The highest BCUT2D eigenvalue weighted by Crippen LogP contribution is 2.26. The predicted octanol–water partition coefficient (Wildman–Crippen LogP) is 2.97. The summed E-state index contributed by atoms with van der Waals surface area (Å²) in [5, 5.41) is 2.90. The zero-order chi connectivity index (χ0) is 13.1. The average molecular weight is 278 g/mol. The van der Waals surface area contributed by atoms with Crippen molar-refractivity contribution in [3.05, 3.63) is 45.4 Å². The van der Waals surface area contributed by atoms with Gasteiger partial charge in [0.05, 0.1) is 0 Å². The fraction of sp³-hybridized carbons (Fsp3) is 0.231. The molecule has 94 valence electrons. The van der Waals surface area contributed by atoms with Crippen LogP contribution in [-0.4, -0.2) is 9.97 Å². The second-order valence-corrected chi connectivity index (χ2v) is 5.44. The number of benzene rings is 1. The zero-order valence-corrected chi connectivity index (χ0v) is 11.9. The molecular formula is C13H14N2OS2. The normalized spacial score (nSPS) is 10.3. The lowest BCUT2D eigenvalue weighted by Crippen LogP contribution is -2.10. The Bertz CT molecular complexity index is 541. The lowest BCUT2D eigenvalue weighted by molar-refractivity contribution is 0.301. The summed E-state index contributed by atoms with van der Waals surface area (Å²) in [7, 11) is 0. The fourth-order valence-corrected chi connectivity index (χ4v) is 2.42. The summed E-state index contributed by atoms with van der Waals surface area (Å²) in [6, 6.07) is 3.90. The molecule has 3 nitrogen and oxygen atoms in total. The highest BCUT2D eigenvalue weighted by atomic mass is 32.1. The summed E-state index contributed by atoms with van der Waals surface area (Å²) >= 11 is 6.57. The lowest BCUT2D eigenvalue weighted by atomic mass is 10.1. The van der Waals surface area contributed by atoms with E-state index in [1.54, 1.807) is 17.5 Å². The van der Waals surface area contributed by atoms with Crippen molar-refractivity contribution in [3.63, 3.8) is 0 Å². The third-order valence-electron chi connectivity index (χ3n) is 2.57. The van der Waals surface area contributed by atoms with Crippen molar-refractivity contribution >= 4 is 28.5 Å². The third-order valence-corrected chi connectivity index (χ3v) is 3.56. The van der Waals surface area contributed by atoms with Crippen molar-refractivity contribution in [2.45, 2.75) is 20.5 Å². The van der Waals surface area contributed by atoms with Crippen LogP contribution in [0.3, 0.4) is 0 Å². The maximum Gasteiger partial charge on any atom is 0.140 e. The maximum absolute atomic E-state index is 5.81. The Hall–Kier alpha value is -1.46. The van der Waals surface area contributed by atoms with E-state index in [2.05, 4.69) is 4.98 Å². The minimum Gasteiger partial charge on any atom is -0.486 e. The maximum atomic E-state index is 5.81. The van der Waals surface area contributed by atoms with Crippen LogP contribution in [0.1, 0.15) is 21.7 Å². The lowest BCUT2D eigenvalue weighted by Gasteiger charge is -2.12.